The molecular formula is C12H15FN4O. The van der Waals surface area contributed by atoms with Crippen LogP contribution < -0.4 is 5.73 Å². The number of hydrogen-bond donors (Lipinski definition) is 1. The standard InChI is InChI=1S/C12H15FN4O/c1-17(7-6-14)8-11-15-12(18-16-11)9-2-4-10(13)5-3-9/h2-5H,6-8,14H2,1H3. The van der Waals surface area contributed by atoms with Gasteiger partial charge in [0.2, 0.25) is 0 Å². The zero-order chi connectivity index (χ0) is 13.0. The van der Waals surface area contributed by atoms with E-state index < -0.39 is 0 Å². The van der Waals surface area contributed by atoms with E-state index in [0.717, 1.165) is 6.54 Å². The summed E-state index contributed by atoms with van der Waals surface area (Å²) in [4.78, 5) is 6.25. The van der Waals surface area contributed by atoms with Crippen LogP contribution in [0.15, 0.2) is 28.8 Å². The van der Waals surface area contributed by atoms with Crippen molar-refractivity contribution < 1.29 is 8.91 Å². The van der Waals surface area contributed by atoms with Gasteiger partial charge in [-0.2, -0.15) is 4.98 Å². The molecule has 0 amide bonds. The van der Waals surface area contributed by atoms with Gasteiger partial charge in [-0.15, -0.1) is 0 Å². The van der Waals surface area contributed by atoms with Crippen LogP contribution in [0.3, 0.4) is 0 Å². The fraction of sp³-hybridized carbons (Fsp3) is 0.333. The molecule has 2 N–H and O–H groups in total. The number of halogens is 1. The molecule has 0 radical (unpaired) electrons. The van der Waals surface area contributed by atoms with Gasteiger partial charge in [-0.05, 0) is 31.3 Å². The third kappa shape index (κ3) is 3.12. The highest BCUT2D eigenvalue weighted by Gasteiger charge is 2.10. The molecule has 2 rings (SSSR count). The Morgan fingerprint density at radius 1 is 1.33 bits per heavy atom. The summed E-state index contributed by atoms with van der Waals surface area (Å²) >= 11 is 0. The van der Waals surface area contributed by atoms with Crippen molar-refractivity contribution in [1.82, 2.24) is 15.0 Å². The van der Waals surface area contributed by atoms with Crippen molar-refractivity contribution in [2.75, 3.05) is 20.1 Å². The normalized spacial score (nSPS) is 11.1. The largest absolute Gasteiger partial charge is 0.334 e. The number of rotatable bonds is 5. The van der Waals surface area contributed by atoms with Crippen LogP contribution in [0.25, 0.3) is 11.5 Å². The van der Waals surface area contributed by atoms with Gasteiger partial charge in [-0.1, -0.05) is 5.16 Å². The number of likely N-dealkylation sites (N-methyl/N-ethyl adjacent to an activating group) is 1. The van der Waals surface area contributed by atoms with Crippen LogP contribution in [0.2, 0.25) is 0 Å². The molecule has 0 aliphatic rings. The Hall–Kier alpha value is -1.79. The highest BCUT2D eigenvalue weighted by atomic mass is 19.1. The summed E-state index contributed by atoms with van der Waals surface area (Å²) < 4.78 is 17.9. The fourth-order valence-electron chi connectivity index (χ4n) is 1.57. The molecule has 0 fully saturated rings. The maximum Gasteiger partial charge on any atom is 0.257 e. The van der Waals surface area contributed by atoms with Crippen LogP contribution >= 0.6 is 0 Å². The molecule has 1 heterocycles. The molecule has 18 heavy (non-hydrogen) atoms. The van der Waals surface area contributed by atoms with Crippen molar-refractivity contribution >= 4 is 0 Å². The van der Waals surface area contributed by atoms with E-state index in [0.29, 0.717) is 30.4 Å². The van der Waals surface area contributed by atoms with Crippen LogP contribution in [-0.4, -0.2) is 35.2 Å². The van der Waals surface area contributed by atoms with Gasteiger partial charge in [-0.25, -0.2) is 4.39 Å². The van der Waals surface area contributed by atoms with Crippen molar-refractivity contribution in [1.29, 1.82) is 0 Å². The second-order valence-electron chi connectivity index (χ2n) is 4.05. The highest BCUT2D eigenvalue weighted by molar-refractivity contribution is 5.52. The van der Waals surface area contributed by atoms with Crippen LogP contribution in [0.4, 0.5) is 4.39 Å². The molecule has 0 atom stereocenters. The third-order valence-corrected chi connectivity index (χ3v) is 2.48. The molecule has 0 saturated carbocycles. The molecule has 96 valence electrons. The van der Waals surface area contributed by atoms with Gasteiger partial charge in [-0.3, -0.25) is 4.90 Å². The molecule has 0 unspecified atom stereocenters. The van der Waals surface area contributed by atoms with Gasteiger partial charge in [0.05, 0.1) is 6.54 Å². The van der Waals surface area contributed by atoms with Crippen molar-refractivity contribution in [2.24, 2.45) is 5.73 Å². The van der Waals surface area contributed by atoms with E-state index in [1.807, 2.05) is 11.9 Å². The zero-order valence-corrected chi connectivity index (χ0v) is 10.1. The molecule has 2 aromatic rings. The number of nitrogens with two attached hydrogens (primary N) is 1. The summed E-state index contributed by atoms with van der Waals surface area (Å²) in [7, 11) is 1.93. The quantitative estimate of drug-likeness (QED) is 0.865. The number of aromatic nitrogens is 2. The van der Waals surface area contributed by atoms with Gasteiger partial charge in [0.1, 0.15) is 5.82 Å². The van der Waals surface area contributed by atoms with Crippen molar-refractivity contribution in [3.63, 3.8) is 0 Å². The molecule has 0 saturated heterocycles. The van der Waals surface area contributed by atoms with Gasteiger partial charge in [0, 0.05) is 18.7 Å². The average Bonchev–Trinajstić information content (AvgIpc) is 2.78. The molecule has 0 bridgehead atoms. The summed E-state index contributed by atoms with van der Waals surface area (Å²) in [6.45, 7) is 1.92. The predicted molar refractivity (Wildman–Crippen MR) is 65.1 cm³/mol. The fourth-order valence-corrected chi connectivity index (χ4v) is 1.57. The highest BCUT2D eigenvalue weighted by Crippen LogP contribution is 2.17. The van der Waals surface area contributed by atoms with Crippen LogP contribution in [0.1, 0.15) is 5.82 Å². The van der Waals surface area contributed by atoms with E-state index in [1.54, 1.807) is 12.1 Å². The van der Waals surface area contributed by atoms with E-state index in [-0.39, 0.29) is 5.82 Å². The minimum absolute atomic E-state index is 0.291. The monoisotopic (exact) mass is 250 g/mol. The minimum atomic E-state index is -0.291. The molecule has 1 aromatic carbocycles. The zero-order valence-electron chi connectivity index (χ0n) is 10.1. The smallest absolute Gasteiger partial charge is 0.257 e. The lowest BCUT2D eigenvalue weighted by Crippen LogP contribution is -2.25. The van der Waals surface area contributed by atoms with Gasteiger partial charge >= 0.3 is 0 Å². The van der Waals surface area contributed by atoms with Gasteiger partial charge in [0.15, 0.2) is 5.82 Å². The molecule has 0 aliphatic carbocycles. The van der Waals surface area contributed by atoms with E-state index in [4.69, 9.17) is 10.3 Å². The Kier molecular flexibility index (Phi) is 4.01. The number of benzene rings is 1. The van der Waals surface area contributed by atoms with Crippen molar-refractivity contribution in [3.05, 3.63) is 35.9 Å². The number of nitrogens with zero attached hydrogens (tertiary/aromatic N) is 3. The van der Waals surface area contributed by atoms with E-state index in [2.05, 4.69) is 10.1 Å². The molecule has 5 nitrogen and oxygen atoms in total. The molecule has 0 spiro atoms. The third-order valence-electron chi connectivity index (χ3n) is 2.48. The van der Waals surface area contributed by atoms with Crippen LogP contribution in [0.5, 0.6) is 0 Å². The lowest BCUT2D eigenvalue weighted by Gasteiger charge is -2.11. The maximum atomic E-state index is 12.8. The minimum Gasteiger partial charge on any atom is -0.334 e. The number of hydrogen-bond acceptors (Lipinski definition) is 5. The summed E-state index contributed by atoms with van der Waals surface area (Å²) in [5.74, 6) is 0.692. The SMILES string of the molecule is CN(CCN)Cc1noc(-c2ccc(F)cc2)n1. The Morgan fingerprint density at radius 3 is 2.72 bits per heavy atom. The first-order valence-electron chi connectivity index (χ1n) is 5.66. The lowest BCUT2D eigenvalue weighted by atomic mass is 10.2. The Labute approximate surface area is 104 Å². The molecule has 6 heteroatoms. The Morgan fingerprint density at radius 2 is 2.06 bits per heavy atom. The Bertz CT molecular complexity index is 497. The first-order chi connectivity index (χ1) is 8.69. The Balaban J connectivity index is 2.08. The maximum absolute atomic E-state index is 12.8. The van der Waals surface area contributed by atoms with E-state index in [1.165, 1.54) is 12.1 Å². The van der Waals surface area contributed by atoms with Crippen molar-refractivity contribution in [3.8, 4) is 11.5 Å². The molecular weight excluding hydrogens is 235 g/mol. The summed E-state index contributed by atoms with van der Waals surface area (Å²) in [5.41, 5.74) is 6.16. The second-order valence-corrected chi connectivity index (χ2v) is 4.05. The summed E-state index contributed by atoms with van der Waals surface area (Å²) in [5, 5.41) is 3.87. The van der Waals surface area contributed by atoms with Gasteiger partial charge < -0.3 is 10.3 Å². The second kappa shape index (κ2) is 5.70. The molecule has 1 aromatic heterocycles. The lowest BCUT2D eigenvalue weighted by molar-refractivity contribution is 0.317. The van der Waals surface area contributed by atoms with E-state index >= 15 is 0 Å². The summed E-state index contributed by atoms with van der Waals surface area (Å²) in [6.07, 6.45) is 0. The van der Waals surface area contributed by atoms with Crippen LogP contribution in [-0.2, 0) is 6.54 Å². The van der Waals surface area contributed by atoms with Crippen molar-refractivity contribution in [2.45, 2.75) is 6.54 Å². The van der Waals surface area contributed by atoms with E-state index in [9.17, 15) is 4.39 Å². The van der Waals surface area contributed by atoms with Crippen LogP contribution in [0, 0.1) is 5.82 Å². The first-order valence-corrected chi connectivity index (χ1v) is 5.66. The summed E-state index contributed by atoms with van der Waals surface area (Å²) in [6, 6.07) is 5.94. The van der Waals surface area contributed by atoms with Gasteiger partial charge in [0.25, 0.3) is 5.89 Å². The predicted octanol–water partition coefficient (Wildman–Crippen LogP) is 1.27. The molecule has 0 aliphatic heterocycles. The first kappa shape index (κ1) is 12.7. The topological polar surface area (TPSA) is 68.2 Å². The average molecular weight is 250 g/mol.